The lowest BCUT2D eigenvalue weighted by Gasteiger charge is -2.12. The Balaban J connectivity index is 2.02. The van der Waals surface area contributed by atoms with E-state index in [1.165, 1.54) is 29.5 Å². The Labute approximate surface area is 150 Å². The maximum atomic E-state index is 12.7. The standard InChI is InChI=1S/C16H14N2O4S3/c17-24(19,20)12-5-3-6-13(11-12)25(21,22)18-15-8-2-1-7-14(15)16-9-4-10-23-16/h1-11,18H,(H2,17,19,20). The molecule has 0 aliphatic rings. The van der Waals surface area contributed by atoms with Crippen molar-refractivity contribution in [2.45, 2.75) is 9.79 Å². The highest BCUT2D eigenvalue weighted by Crippen LogP contribution is 2.32. The van der Waals surface area contributed by atoms with E-state index in [-0.39, 0.29) is 9.79 Å². The van der Waals surface area contributed by atoms with Crippen molar-refractivity contribution in [3.8, 4) is 10.4 Å². The van der Waals surface area contributed by atoms with Gasteiger partial charge in [0.2, 0.25) is 10.0 Å². The number of benzene rings is 2. The van der Waals surface area contributed by atoms with Gasteiger partial charge in [-0.25, -0.2) is 22.0 Å². The van der Waals surface area contributed by atoms with Crippen LogP contribution in [0.1, 0.15) is 0 Å². The Morgan fingerprint density at radius 2 is 1.56 bits per heavy atom. The molecule has 0 saturated heterocycles. The molecule has 0 aliphatic carbocycles. The Morgan fingerprint density at radius 3 is 2.24 bits per heavy atom. The van der Waals surface area contributed by atoms with Crippen molar-refractivity contribution in [3.63, 3.8) is 0 Å². The summed E-state index contributed by atoms with van der Waals surface area (Å²) in [5, 5.41) is 6.97. The molecule has 1 heterocycles. The molecule has 3 rings (SSSR count). The van der Waals surface area contributed by atoms with Crippen LogP contribution in [0.15, 0.2) is 75.8 Å². The molecular weight excluding hydrogens is 380 g/mol. The summed E-state index contributed by atoms with van der Waals surface area (Å²) in [5.41, 5.74) is 1.15. The highest BCUT2D eigenvalue weighted by atomic mass is 32.2. The van der Waals surface area contributed by atoms with Gasteiger partial charge >= 0.3 is 0 Å². The van der Waals surface area contributed by atoms with Crippen LogP contribution in [-0.4, -0.2) is 16.8 Å². The number of nitrogens with one attached hydrogen (secondary N) is 1. The first kappa shape index (κ1) is 17.6. The van der Waals surface area contributed by atoms with Crippen molar-refractivity contribution >= 4 is 37.1 Å². The van der Waals surface area contributed by atoms with Crippen LogP contribution in [0, 0.1) is 0 Å². The Morgan fingerprint density at radius 1 is 0.840 bits per heavy atom. The first-order chi connectivity index (χ1) is 11.8. The van der Waals surface area contributed by atoms with E-state index < -0.39 is 20.0 Å². The second kappa shape index (κ2) is 6.60. The number of anilines is 1. The molecule has 0 aliphatic heterocycles. The van der Waals surface area contributed by atoms with Crippen molar-refractivity contribution in [1.29, 1.82) is 0 Å². The zero-order valence-corrected chi connectivity index (χ0v) is 15.2. The fourth-order valence-electron chi connectivity index (χ4n) is 2.24. The number of sulfonamides is 2. The smallest absolute Gasteiger partial charge is 0.261 e. The molecule has 0 saturated carbocycles. The van der Waals surface area contributed by atoms with Crippen molar-refractivity contribution in [3.05, 3.63) is 66.0 Å². The predicted molar refractivity (Wildman–Crippen MR) is 98.4 cm³/mol. The van der Waals surface area contributed by atoms with Gasteiger partial charge in [-0.15, -0.1) is 11.3 Å². The SMILES string of the molecule is NS(=O)(=O)c1cccc(S(=O)(=O)Nc2ccccc2-c2cccs2)c1. The maximum Gasteiger partial charge on any atom is 0.261 e. The number of thiophene rings is 1. The molecule has 0 fully saturated rings. The van der Waals surface area contributed by atoms with Gasteiger partial charge in [0.1, 0.15) is 0 Å². The second-order valence-electron chi connectivity index (χ2n) is 5.15. The average Bonchev–Trinajstić information content (AvgIpc) is 3.09. The molecule has 3 aromatic rings. The Hall–Kier alpha value is -2.20. The highest BCUT2D eigenvalue weighted by molar-refractivity contribution is 7.93. The van der Waals surface area contributed by atoms with Crippen LogP contribution in [0.4, 0.5) is 5.69 Å². The molecule has 0 radical (unpaired) electrons. The van der Waals surface area contributed by atoms with Crippen LogP contribution < -0.4 is 9.86 Å². The monoisotopic (exact) mass is 394 g/mol. The van der Waals surface area contributed by atoms with Crippen LogP contribution in [0.25, 0.3) is 10.4 Å². The molecule has 0 atom stereocenters. The molecule has 0 bridgehead atoms. The summed E-state index contributed by atoms with van der Waals surface area (Å²) in [6.07, 6.45) is 0. The maximum absolute atomic E-state index is 12.7. The number of hydrogen-bond acceptors (Lipinski definition) is 5. The lowest BCUT2D eigenvalue weighted by molar-refractivity contribution is 0.597. The number of primary sulfonamides is 1. The van der Waals surface area contributed by atoms with Crippen LogP contribution in [0.2, 0.25) is 0 Å². The van der Waals surface area contributed by atoms with Crippen LogP contribution >= 0.6 is 11.3 Å². The largest absolute Gasteiger partial charge is 0.279 e. The van der Waals surface area contributed by atoms with Crippen molar-refractivity contribution < 1.29 is 16.8 Å². The molecule has 0 spiro atoms. The van der Waals surface area contributed by atoms with Crippen LogP contribution in [0.5, 0.6) is 0 Å². The summed E-state index contributed by atoms with van der Waals surface area (Å²) in [5.74, 6) is 0. The van der Waals surface area contributed by atoms with E-state index in [9.17, 15) is 16.8 Å². The van der Waals surface area contributed by atoms with Crippen molar-refractivity contribution in [1.82, 2.24) is 0 Å². The summed E-state index contributed by atoms with van der Waals surface area (Å²) >= 11 is 1.49. The second-order valence-corrected chi connectivity index (χ2v) is 9.34. The van der Waals surface area contributed by atoms with Gasteiger partial charge in [-0.1, -0.05) is 30.3 Å². The van der Waals surface area contributed by atoms with Gasteiger partial charge in [0.15, 0.2) is 0 Å². The molecule has 6 nitrogen and oxygen atoms in total. The van der Waals surface area contributed by atoms with Crippen molar-refractivity contribution in [2.75, 3.05) is 4.72 Å². The summed E-state index contributed by atoms with van der Waals surface area (Å²) in [4.78, 5) is 0.471. The first-order valence-electron chi connectivity index (χ1n) is 7.06. The van der Waals surface area contributed by atoms with Crippen molar-refractivity contribution in [2.24, 2.45) is 5.14 Å². The minimum atomic E-state index is -3.99. The van der Waals surface area contributed by atoms with E-state index in [1.807, 2.05) is 29.6 Å². The molecule has 0 unspecified atom stereocenters. The molecule has 9 heteroatoms. The highest BCUT2D eigenvalue weighted by Gasteiger charge is 2.19. The van der Waals surface area contributed by atoms with Gasteiger partial charge in [0.25, 0.3) is 10.0 Å². The third-order valence-corrected chi connectivity index (χ3v) is 6.58. The van der Waals surface area contributed by atoms with E-state index >= 15 is 0 Å². The number of hydrogen-bond donors (Lipinski definition) is 2. The van der Waals surface area contributed by atoms with Gasteiger partial charge < -0.3 is 0 Å². The summed E-state index contributed by atoms with van der Waals surface area (Å²) in [6.45, 7) is 0. The third-order valence-electron chi connectivity index (χ3n) is 3.40. The van der Waals surface area contributed by atoms with E-state index in [2.05, 4.69) is 4.72 Å². The fourth-order valence-corrected chi connectivity index (χ4v) is 4.77. The third kappa shape index (κ3) is 3.90. The van der Waals surface area contributed by atoms with E-state index in [1.54, 1.807) is 12.1 Å². The molecule has 0 amide bonds. The Bertz CT molecular complexity index is 1110. The number of para-hydroxylation sites is 1. The average molecular weight is 394 g/mol. The zero-order chi connectivity index (χ0) is 18.1. The first-order valence-corrected chi connectivity index (χ1v) is 11.0. The lowest BCUT2D eigenvalue weighted by atomic mass is 10.1. The predicted octanol–water partition coefficient (Wildman–Crippen LogP) is 2.86. The topological polar surface area (TPSA) is 106 Å². The summed E-state index contributed by atoms with van der Waals surface area (Å²) in [6, 6.07) is 15.7. The minimum Gasteiger partial charge on any atom is -0.279 e. The fraction of sp³-hybridized carbons (Fsp3) is 0. The summed E-state index contributed by atoms with van der Waals surface area (Å²) in [7, 11) is -7.97. The minimum absolute atomic E-state index is 0.181. The van der Waals surface area contributed by atoms with Gasteiger partial charge in [-0.05, 0) is 35.7 Å². The lowest BCUT2D eigenvalue weighted by Crippen LogP contribution is -2.16. The molecule has 1 aromatic heterocycles. The molecule has 2 aromatic carbocycles. The molecule has 25 heavy (non-hydrogen) atoms. The normalized spacial score (nSPS) is 12.0. The van der Waals surface area contributed by atoms with E-state index in [4.69, 9.17) is 5.14 Å². The van der Waals surface area contributed by atoms with Crippen LogP contribution in [0.3, 0.4) is 0 Å². The number of nitrogens with two attached hydrogens (primary N) is 1. The number of rotatable bonds is 5. The molecule has 3 N–H and O–H groups in total. The van der Waals surface area contributed by atoms with Gasteiger partial charge in [0, 0.05) is 10.4 Å². The van der Waals surface area contributed by atoms with Gasteiger partial charge in [-0.3, -0.25) is 4.72 Å². The molecular formula is C16H14N2O4S3. The zero-order valence-electron chi connectivity index (χ0n) is 12.8. The van der Waals surface area contributed by atoms with E-state index in [0.717, 1.165) is 16.5 Å². The summed E-state index contributed by atoms with van der Waals surface area (Å²) < 4.78 is 50.7. The quantitative estimate of drug-likeness (QED) is 0.694. The van der Waals surface area contributed by atoms with Gasteiger partial charge in [0.05, 0.1) is 15.5 Å². The van der Waals surface area contributed by atoms with E-state index in [0.29, 0.717) is 5.69 Å². The Kier molecular flexibility index (Phi) is 4.65. The molecule has 130 valence electrons. The van der Waals surface area contributed by atoms with Crippen LogP contribution in [-0.2, 0) is 20.0 Å². The van der Waals surface area contributed by atoms with Gasteiger partial charge in [-0.2, -0.15) is 0 Å².